The van der Waals surface area contributed by atoms with Gasteiger partial charge in [-0.1, -0.05) is 19.1 Å². The quantitative estimate of drug-likeness (QED) is 0.723. The minimum atomic E-state index is -0.0697. The second-order valence-corrected chi connectivity index (χ2v) is 5.67. The molecule has 0 unspecified atom stereocenters. The van der Waals surface area contributed by atoms with Crippen LogP contribution in [0.5, 0.6) is 0 Å². The molecule has 0 aliphatic rings. The van der Waals surface area contributed by atoms with Crippen LogP contribution in [0.1, 0.15) is 36.2 Å². The van der Waals surface area contributed by atoms with E-state index < -0.39 is 0 Å². The van der Waals surface area contributed by atoms with E-state index in [1.54, 1.807) is 23.9 Å². The molecule has 20 heavy (non-hydrogen) atoms. The SMILES string of the molecule is CCNC(=O)c1ccc(CNC(=O)CCSCC)cc1. The van der Waals surface area contributed by atoms with Gasteiger partial charge in [0, 0.05) is 30.8 Å². The second-order valence-electron chi connectivity index (χ2n) is 4.28. The highest BCUT2D eigenvalue weighted by molar-refractivity contribution is 7.99. The summed E-state index contributed by atoms with van der Waals surface area (Å²) in [4.78, 5) is 23.1. The molecular formula is C15H22N2O2S. The molecule has 1 aromatic rings. The van der Waals surface area contributed by atoms with Crippen molar-refractivity contribution in [3.63, 3.8) is 0 Å². The predicted octanol–water partition coefficient (Wildman–Crippen LogP) is 2.20. The first-order valence-electron chi connectivity index (χ1n) is 6.89. The highest BCUT2D eigenvalue weighted by atomic mass is 32.2. The van der Waals surface area contributed by atoms with E-state index in [4.69, 9.17) is 0 Å². The third kappa shape index (κ3) is 6.10. The molecular weight excluding hydrogens is 272 g/mol. The summed E-state index contributed by atoms with van der Waals surface area (Å²) in [5, 5.41) is 5.63. The number of nitrogens with one attached hydrogen (secondary N) is 2. The highest BCUT2D eigenvalue weighted by Crippen LogP contribution is 2.05. The fraction of sp³-hybridized carbons (Fsp3) is 0.467. The van der Waals surface area contributed by atoms with Gasteiger partial charge in [-0.05, 0) is 30.4 Å². The van der Waals surface area contributed by atoms with Gasteiger partial charge in [0.15, 0.2) is 0 Å². The van der Waals surface area contributed by atoms with Crippen LogP contribution in [-0.4, -0.2) is 29.9 Å². The molecule has 4 nitrogen and oxygen atoms in total. The van der Waals surface area contributed by atoms with Crippen molar-refractivity contribution in [2.45, 2.75) is 26.8 Å². The normalized spacial score (nSPS) is 10.1. The van der Waals surface area contributed by atoms with Gasteiger partial charge in [-0.25, -0.2) is 0 Å². The Morgan fingerprint density at radius 2 is 1.80 bits per heavy atom. The maximum atomic E-state index is 11.6. The predicted molar refractivity (Wildman–Crippen MR) is 83.9 cm³/mol. The summed E-state index contributed by atoms with van der Waals surface area (Å²) < 4.78 is 0. The molecule has 0 bridgehead atoms. The van der Waals surface area contributed by atoms with Crippen LogP contribution in [0, 0.1) is 0 Å². The molecule has 0 aliphatic heterocycles. The average Bonchev–Trinajstić information content (AvgIpc) is 2.46. The number of hydrogen-bond acceptors (Lipinski definition) is 3. The third-order valence-corrected chi connectivity index (χ3v) is 3.62. The van der Waals surface area contributed by atoms with Gasteiger partial charge in [-0.3, -0.25) is 9.59 Å². The van der Waals surface area contributed by atoms with Crippen LogP contribution < -0.4 is 10.6 Å². The minimum Gasteiger partial charge on any atom is -0.352 e. The summed E-state index contributed by atoms with van der Waals surface area (Å²) in [5.74, 6) is 1.89. The molecule has 0 radical (unpaired) electrons. The van der Waals surface area contributed by atoms with Crippen molar-refractivity contribution in [2.24, 2.45) is 0 Å². The first-order chi connectivity index (χ1) is 9.67. The topological polar surface area (TPSA) is 58.2 Å². The van der Waals surface area contributed by atoms with Crippen molar-refractivity contribution in [3.8, 4) is 0 Å². The van der Waals surface area contributed by atoms with Crippen molar-refractivity contribution in [2.75, 3.05) is 18.1 Å². The van der Waals surface area contributed by atoms with Gasteiger partial charge in [0.25, 0.3) is 5.91 Å². The van der Waals surface area contributed by atoms with Crippen molar-refractivity contribution in [1.29, 1.82) is 0 Å². The van der Waals surface area contributed by atoms with E-state index in [0.29, 0.717) is 25.1 Å². The van der Waals surface area contributed by atoms with Crippen molar-refractivity contribution < 1.29 is 9.59 Å². The maximum absolute atomic E-state index is 11.6. The van der Waals surface area contributed by atoms with Crippen LogP contribution >= 0.6 is 11.8 Å². The van der Waals surface area contributed by atoms with E-state index in [2.05, 4.69) is 17.6 Å². The number of hydrogen-bond donors (Lipinski definition) is 2. The number of thioether (sulfide) groups is 1. The van der Waals surface area contributed by atoms with Gasteiger partial charge >= 0.3 is 0 Å². The molecule has 0 heterocycles. The molecule has 0 spiro atoms. The van der Waals surface area contributed by atoms with E-state index in [0.717, 1.165) is 17.1 Å². The summed E-state index contributed by atoms with van der Waals surface area (Å²) in [6, 6.07) is 7.29. The Morgan fingerprint density at radius 1 is 1.10 bits per heavy atom. The monoisotopic (exact) mass is 294 g/mol. The van der Waals surface area contributed by atoms with E-state index >= 15 is 0 Å². The molecule has 2 amide bonds. The number of carbonyl (C=O) groups is 2. The van der Waals surface area contributed by atoms with Gasteiger partial charge in [0.2, 0.25) is 5.91 Å². The minimum absolute atomic E-state index is 0.0683. The van der Waals surface area contributed by atoms with Crippen LogP contribution in [-0.2, 0) is 11.3 Å². The fourth-order valence-electron chi connectivity index (χ4n) is 1.63. The summed E-state index contributed by atoms with van der Waals surface area (Å²) >= 11 is 1.76. The maximum Gasteiger partial charge on any atom is 0.251 e. The lowest BCUT2D eigenvalue weighted by molar-refractivity contribution is -0.120. The Kier molecular flexibility index (Phi) is 7.80. The number of carbonyl (C=O) groups excluding carboxylic acids is 2. The number of benzene rings is 1. The zero-order chi connectivity index (χ0) is 14.8. The summed E-state index contributed by atoms with van der Waals surface area (Å²) in [6.45, 7) is 5.09. The lowest BCUT2D eigenvalue weighted by Crippen LogP contribution is -2.24. The Balaban J connectivity index is 2.38. The molecule has 2 N–H and O–H groups in total. The van der Waals surface area contributed by atoms with Crippen LogP contribution in [0.15, 0.2) is 24.3 Å². The van der Waals surface area contributed by atoms with E-state index in [-0.39, 0.29) is 11.8 Å². The molecule has 0 atom stereocenters. The molecule has 110 valence electrons. The van der Waals surface area contributed by atoms with Gasteiger partial charge in [-0.2, -0.15) is 11.8 Å². The standard InChI is InChI=1S/C15H22N2O2S/c1-3-16-15(19)13-7-5-12(6-8-13)11-17-14(18)9-10-20-4-2/h5-8H,3-4,9-11H2,1-2H3,(H,16,19)(H,17,18). The summed E-state index contributed by atoms with van der Waals surface area (Å²) in [7, 11) is 0. The van der Waals surface area contributed by atoms with Gasteiger partial charge in [0.1, 0.15) is 0 Å². The van der Waals surface area contributed by atoms with Crippen LogP contribution in [0.25, 0.3) is 0 Å². The Bertz CT molecular complexity index is 432. The molecule has 0 aromatic heterocycles. The fourth-order valence-corrected chi connectivity index (χ4v) is 2.25. The first-order valence-corrected chi connectivity index (χ1v) is 8.04. The number of amides is 2. The smallest absolute Gasteiger partial charge is 0.251 e. The van der Waals surface area contributed by atoms with Crippen molar-refractivity contribution >= 4 is 23.6 Å². The van der Waals surface area contributed by atoms with Crippen molar-refractivity contribution in [1.82, 2.24) is 10.6 Å². The van der Waals surface area contributed by atoms with Crippen LogP contribution in [0.2, 0.25) is 0 Å². The third-order valence-electron chi connectivity index (χ3n) is 2.72. The lowest BCUT2D eigenvalue weighted by atomic mass is 10.1. The van der Waals surface area contributed by atoms with Gasteiger partial charge < -0.3 is 10.6 Å². The largest absolute Gasteiger partial charge is 0.352 e. The van der Waals surface area contributed by atoms with Crippen LogP contribution in [0.3, 0.4) is 0 Å². The average molecular weight is 294 g/mol. The number of rotatable bonds is 8. The van der Waals surface area contributed by atoms with Gasteiger partial charge in [0.05, 0.1) is 0 Å². The zero-order valence-corrected chi connectivity index (χ0v) is 12.9. The van der Waals surface area contributed by atoms with E-state index in [1.807, 2.05) is 19.1 Å². The zero-order valence-electron chi connectivity index (χ0n) is 12.1. The molecule has 5 heteroatoms. The molecule has 0 fully saturated rings. The molecule has 1 aromatic carbocycles. The van der Waals surface area contributed by atoms with Gasteiger partial charge in [-0.15, -0.1) is 0 Å². The molecule has 0 aliphatic carbocycles. The molecule has 0 saturated carbocycles. The Labute approximate surface area is 124 Å². The van der Waals surface area contributed by atoms with E-state index in [9.17, 15) is 9.59 Å². The second kappa shape index (κ2) is 9.42. The Hall–Kier alpha value is -1.49. The Morgan fingerprint density at radius 3 is 2.40 bits per heavy atom. The summed E-state index contributed by atoms with van der Waals surface area (Å²) in [5.41, 5.74) is 1.64. The highest BCUT2D eigenvalue weighted by Gasteiger charge is 2.04. The summed E-state index contributed by atoms with van der Waals surface area (Å²) in [6.07, 6.45) is 0.551. The molecule has 1 rings (SSSR count). The first kappa shape index (κ1) is 16.6. The van der Waals surface area contributed by atoms with Crippen LogP contribution in [0.4, 0.5) is 0 Å². The molecule has 0 saturated heterocycles. The lowest BCUT2D eigenvalue weighted by Gasteiger charge is -2.06. The van der Waals surface area contributed by atoms with E-state index in [1.165, 1.54) is 0 Å². The van der Waals surface area contributed by atoms with Crippen molar-refractivity contribution in [3.05, 3.63) is 35.4 Å².